The van der Waals surface area contributed by atoms with Crippen LogP contribution in [0.5, 0.6) is 0 Å². The molecule has 2 saturated carbocycles. The summed E-state index contributed by atoms with van der Waals surface area (Å²) in [4.78, 5) is 17.1. The highest BCUT2D eigenvalue weighted by Gasteiger charge is 2.41. The van der Waals surface area contributed by atoms with Crippen LogP contribution in [0.25, 0.3) is 10.4 Å². The summed E-state index contributed by atoms with van der Waals surface area (Å²) in [6.45, 7) is 0.793. The first-order valence-electron chi connectivity index (χ1n) is 11.3. The fourth-order valence-electron chi connectivity index (χ4n) is 3.69. The van der Waals surface area contributed by atoms with Gasteiger partial charge in [0.2, 0.25) is 10.0 Å². The van der Waals surface area contributed by atoms with Crippen LogP contribution in [-0.2, 0) is 16.4 Å². The molecule has 2 aliphatic rings. The lowest BCUT2D eigenvalue weighted by Crippen LogP contribution is -2.43. The van der Waals surface area contributed by atoms with Gasteiger partial charge in [-0.15, -0.1) is 11.3 Å². The van der Waals surface area contributed by atoms with E-state index in [4.69, 9.17) is 23.2 Å². The van der Waals surface area contributed by atoms with Gasteiger partial charge < -0.3 is 10.4 Å². The lowest BCUT2D eigenvalue weighted by molar-refractivity contribution is -0.147. The number of aromatic nitrogens is 1. The third kappa shape index (κ3) is 5.99. The summed E-state index contributed by atoms with van der Waals surface area (Å²) in [5.74, 6) is -0.0657. The normalized spacial score (nSPS) is 18.5. The number of amides is 1. The number of carbonyl (C=O) groups is 1. The van der Waals surface area contributed by atoms with Crippen molar-refractivity contribution in [2.45, 2.75) is 68.2 Å². The summed E-state index contributed by atoms with van der Waals surface area (Å²) in [6, 6.07) is 0.111. The van der Waals surface area contributed by atoms with E-state index in [9.17, 15) is 31.5 Å². The third-order valence-electron chi connectivity index (χ3n) is 6.41. The number of hydrogen-bond donors (Lipinski definition) is 3. The molecule has 2 aliphatic carbocycles. The predicted molar refractivity (Wildman–Crippen MR) is 131 cm³/mol. The average Bonchev–Trinajstić information content (AvgIpc) is 3.34. The Kier molecular flexibility index (Phi) is 7.69. The van der Waals surface area contributed by atoms with Gasteiger partial charge in [-0.05, 0) is 38.2 Å². The van der Waals surface area contributed by atoms with Crippen molar-refractivity contribution in [1.29, 1.82) is 0 Å². The maximum Gasteiger partial charge on any atom is 0.404 e. The van der Waals surface area contributed by atoms with Crippen LogP contribution in [0.3, 0.4) is 0 Å². The van der Waals surface area contributed by atoms with Crippen molar-refractivity contribution in [2.24, 2.45) is 5.92 Å². The fourth-order valence-corrected chi connectivity index (χ4v) is 6.88. The minimum Gasteiger partial charge on any atom is -0.388 e. The van der Waals surface area contributed by atoms with Crippen LogP contribution in [0.1, 0.15) is 54.5 Å². The molecule has 0 spiro atoms. The molecule has 36 heavy (non-hydrogen) atoms. The Morgan fingerprint density at radius 3 is 2.50 bits per heavy atom. The van der Waals surface area contributed by atoms with Crippen LogP contribution in [0.15, 0.2) is 17.0 Å². The highest BCUT2D eigenvalue weighted by Crippen LogP contribution is 2.43. The van der Waals surface area contributed by atoms with Gasteiger partial charge in [-0.2, -0.15) is 17.9 Å². The first-order valence-corrected chi connectivity index (χ1v) is 14.3. The molecule has 0 unspecified atom stereocenters. The molecule has 1 atom stereocenters. The first kappa shape index (κ1) is 27.6. The fraction of sp³-hybridized carbons (Fsp3) is 0.545. The van der Waals surface area contributed by atoms with Gasteiger partial charge >= 0.3 is 6.18 Å². The van der Waals surface area contributed by atoms with Crippen molar-refractivity contribution in [3.63, 3.8) is 0 Å². The smallest absolute Gasteiger partial charge is 0.388 e. The third-order valence-corrected chi connectivity index (χ3v) is 10.1. The first-order chi connectivity index (χ1) is 16.7. The molecule has 0 saturated heterocycles. The van der Waals surface area contributed by atoms with Crippen LogP contribution < -0.4 is 10.0 Å². The lowest BCUT2D eigenvalue weighted by atomic mass is 9.82. The van der Waals surface area contributed by atoms with Gasteiger partial charge in [0.1, 0.15) is 10.9 Å². The molecule has 1 heterocycles. The van der Waals surface area contributed by atoms with Crippen LogP contribution in [0, 0.1) is 5.92 Å². The molecule has 0 radical (unpaired) electrons. The number of rotatable bonds is 9. The van der Waals surface area contributed by atoms with E-state index in [-0.39, 0.29) is 16.6 Å². The van der Waals surface area contributed by atoms with Crippen LogP contribution in [0.2, 0.25) is 10.0 Å². The Labute approximate surface area is 220 Å². The summed E-state index contributed by atoms with van der Waals surface area (Å²) < 4.78 is 65.4. The number of carbonyl (C=O) groups excluding carboxylic acids is 1. The molecule has 1 amide bonds. The zero-order chi connectivity index (χ0) is 26.5. The van der Waals surface area contributed by atoms with Crippen molar-refractivity contribution in [3.8, 4) is 10.4 Å². The number of thiazole rings is 1. The number of nitrogens with zero attached hydrogens (tertiary/aromatic N) is 1. The molecule has 2 fully saturated rings. The van der Waals surface area contributed by atoms with Gasteiger partial charge in [0, 0.05) is 12.1 Å². The number of hydrogen-bond acceptors (Lipinski definition) is 6. The molecule has 14 heteroatoms. The van der Waals surface area contributed by atoms with E-state index >= 15 is 0 Å². The summed E-state index contributed by atoms with van der Waals surface area (Å²) in [5.41, 5.74) is 0.0638. The lowest BCUT2D eigenvalue weighted by Gasteiger charge is -2.24. The largest absolute Gasteiger partial charge is 0.404 e. The van der Waals surface area contributed by atoms with E-state index in [0.29, 0.717) is 48.2 Å². The zero-order valence-electron chi connectivity index (χ0n) is 19.1. The van der Waals surface area contributed by atoms with E-state index in [1.807, 2.05) is 0 Å². The second kappa shape index (κ2) is 10.0. The van der Waals surface area contributed by atoms with Crippen molar-refractivity contribution in [3.05, 3.63) is 32.9 Å². The van der Waals surface area contributed by atoms with Gasteiger partial charge in [0.15, 0.2) is 5.01 Å². The number of benzene rings is 1. The van der Waals surface area contributed by atoms with E-state index in [1.54, 1.807) is 4.72 Å². The van der Waals surface area contributed by atoms with Gasteiger partial charge in [-0.25, -0.2) is 13.4 Å². The quantitative estimate of drug-likeness (QED) is 0.386. The molecule has 4 rings (SSSR count). The molecule has 1 aromatic heterocycles. The van der Waals surface area contributed by atoms with Crippen LogP contribution >= 0.6 is 34.5 Å². The van der Waals surface area contributed by atoms with Crippen LogP contribution in [-0.4, -0.2) is 48.8 Å². The Morgan fingerprint density at radius 2 is 1.94 bits per heavy atom. The standard InChI is InChI=1S/C22H24Cl2F3N3O4S2/c1-11(22(25,26)27)30-36(33,34)15-6-5-13(16(23)17(15)24)18-14(9-12-3-2-4-12)29-20(35-18)19(31)28-10-21(32)7-8-21/h5-6,11-12,30,32H,2-4,7-10H2,1H3,(H,28,31)/t11-/m0/s1. The Hall–Kier alpha value is -1.44. The van der Waals surface area contributed by atoms with Crippen molar-refractivity contribution in [1.82, 2.24) is 15.0 Å². The molecule has 0 aliphatic heterocycles. The molecule has 1 aromatic carbocycles. The molecular formula is C22H24Cl2F3N3O4S2. The summed E-state index contributed by atoms with van der Waals surface area (Å²) >= 11 is 13.7. The molecule has 3 N–H and O–H groups in total. The minimum absolute atomic E-state index is 0.112. The second-order valence-corrected chi connectivity index (χ2v) is 12.8. The summed E-state index contributed by atoms with van der Waals surface area (Å²) in [7, 11) is -4.63. The molecule has 198 valence electrons. The van der Waals surface area contributed by atoms with Crippen molar-refractivity contribution in [2.75, 3.05) is 6.54 Å². The van der Waals surface area contributed by atoms with E-state index in [2.05, 4.69) is 10.3 Å². The predicted octanol–water partition coefficient (Wildman–Crippen LogP) is 4.94. The van der Waals surface area contributed by atoms with E-state index < -0.39 is 43.7 Å². The topological polar surface area (TPSA) is 108 Å². The number of nitrogens with one attached hydrogen (secondary N) is 2. The van der Waals surface area contributed by atoms with Crippen LogP contribution in [0.4, 0.5) is 13.2 Å². The van der Waals surface area contributed by atoms with Gasteiger partial charge in [0.05, 0.1) is 26.2 Å². The number of halogens is 5. The van der Waals surface area contributed by atoms with Crippen molar-refractivity contribution < 1.29 is 31.5 Å². The monoisotopic (exact) mass is 585 g/mol. The van der Waals surface area contributed by atoms with E-state index in [1.165, 1.54) is 6.07 Å². The maximum atomic E-state index is 12.9. The van der Waals surface area contributed by atoms with E-state index in [0.717, 1.165) is 36.7 Å². The Morgan fingerprint density at radius 1 is 1.28 bits per heavy atom. The van der Waals surface area contributed by atoms with Gasteiger partial charge in [0.25, 0.3) is 5.91 Å². The van der Waals surface area contributed by atoms with Crippen molar-refractivity contribution >= 4 is 50.5 Å². The highest BCUT2D eigenvalue weighted by molar-refractivity contribution is 7.89. The average molecular weight is 586 g/mol. The number of aliphatic hydroxyl groups is 1. The number of sulfonamides is 1. The maximum absolute atomic E-state index is 12.9. The Balaban J connectivity index is 1.66. The zero-order valence-corrected chi connectivity index (χ0v) is 22.2. The molecule has 2 aromatic rings. The highest BCUT2D eigenvalue weighted by atomic mass is 35.5. The SMILES string of the molecule is C[C@H](NS(=O)(=O)c1ccc(-c2sc(C(=O)NCC3(O)CC3)nc2CC2CCC2)c(Cl)c1Cl)C(F)(F)F. The second-order valence-electron chi connectivity index (χ2n) is 9.33. The number of alkyl halides is 3. The minimum atomic E-state index is -4.78. The Bertz CT molecular complexity index is 1280. The molecule has 7 nitrogen and oxygen atoms in total. The summed E-state index contributed by atoms with van der Waals surface area (Å²) in [5, 5.41) is 12.2. The summed E-state index contributed by atoms with van der Waals surface area (Å²) in [6.07, 6.45) is 0.155. The van der Waals surface area contributed by atoms with Gasteiger partial charge in [-0.1, -0.05) is 48.5 Å². The van der Waals surface area contributed by atoms with Gasteiger partial charge in [-0.3, -0.25) is 4.79 Å². The molecule has 0 bridgehead atoms. The molecular weight excluding hydrogens is 562 g/mol.